The minimum atomic E-state index is -0.218. The molecule has 1 nitrogen and oxygen atoms in total. The molecule has 0 spiro atoms. The standard InChI is InChI=1S/C57H43N/c1-57(2)53-36-43(52-35-42-17-9-10-20-46(42)47-21-11-12-22-48(47)52)31-34-51(53)56-50-24-14-13-23-49(50)55(37-54(56)57)58(44-18-7-4-8-19-44)45-32-29-41(30-33-45)40-27-25-39(26-28-40)38-15-5-3-6-16-38/h3,5-7,9-37H,4,8H2,1-2H3. The fraction of sp³-hybridized carbons (Fsp3) is 0.0877. The lowest BCUT2D eigenvalue weighted by molar-refractivity contribution is 0.661. The molecule has 0 N–H and O–H groups in total. The second-order valence-corrected chi connectivity index (χ2v) is 16.4. The number of rotatable bonds is 6. The fourth-order valence-electron chi connectivity index (χ4n) is 9.69. The van der Waals surface area contributed by atoms with E-state index in [9.17, 15) is 0 Å². The van der Waals surface area contributed by atoms with E-state index in [1.807, 2.05) is 0 Å². The molecule has 2 aliphatic rings. The molecule has 1 heteroatoms. The van der Waals surface area contributed by atoms with Gasteiger partial charge in [0.05, 0.1) is 5.69 Å². The maximum Gasteiger partial charge on any atom is 0.0543 e. The Hall–Kier alpha value is -6.96. The lowest BCUT2D eigenvalue weighted by Gasteiger charge is -2.31. The molecule has 0 bridgehead atoms. The summed E-state index contributed by atoms with van der Waals surface area (Å²) in [5.74, 6) is 0. The van der Waals surface area contributed by atoms with Gasteiger partial charge in [0.15, 0.2) is 0 Å². The van der Waals surface area contributed by atoms with Gasteiger partial charge in [-0.15, -0.1) is 0 Å². The van der Waals surface area contributed by atoms with E-state index in [1.165, 1.54) is 99.3 Å². The molecule has 0 atom stereocenters. The molecule has 0 amide bonds. The first kappa shape index (κ1) is 34.3. The molecule has 9 aromatic carbocycles. The summed E-state index contributed by atoms with van der Waals surface area (Å²) in [5.41, 5.74) is 16.3. The van der Waals surface area contributed by atoms with Crippen molar-refractivity contribution in [3.8, 4) is 44.5 Å². The zero-order valence-corrected chi connectivity index (χ0v) is 32.9. The lowest BCUT2D eigenvalue weighted by atomic mass is 9.80. The van der Waals surface area contributed by atoms with Gasteiger partial charge in [-0.1, -0.05) is 178 Å². The molecule has 0 unspecified atom stereocenters. The topological polar surface area (TPSA) is 3.24 Å². The van der Waals surface area contributed by atoms with Crippen LogP contribution in [-0.2, 0) is 5.41 Å². The predicted molar refractivity (Wildman–Crippen MR) is 248 cm³/mol. The Kier molecular flexibility index (Phi) is 8.05. The minimum Gasteiger partial charge on any atom is -0.310 e. The van der Waals surface area contributed by atoms with Gasteiger partial charge < -0.3 is 4.90 Å². The van der Waals surface area contributed by atoms with Crippen molar-refractivity contribution >= 4 is 43.7 Å². The van der Waals surface area contributed by atoms with Crippen molar-refractivity contribution < 1.29 is 0 Å². The third-order valence-corrected chi connectivity index (χ3v) is 12.7. The van der Waals surface area contributed by atoms with Gasteiger partial charge in [0.25, 0.3) is 0 Å². The second kappa shape index (κ2) is 13.6. The van der Waals surface area contributed by atoms with Gasteiger partial charge in [-0.3, -0.25) is 0 Å². The Morgan fingerprint density at radius 1 is 0.431 bits per heavy atom. The van der Waals surface area contributed by atoms with Crippen LogP contribution >= 0.6 is 0 Å². The number of hydrogen-bond donors (Lipinski definition) is 0. The fourth-order valence-corrected chi connectivity index (χ4v) is 9.69. The van der Waals surface area contributed by atoms with Gasteiger partial charge in [0.2, 0.25) is 0 Å². The van der Waals surface area contributed by atoms with Gasteiger partial charge in [0, 0.05) is 22.2 Å². The Labute approximate surface area is 340 Å². The summed E-state index contributed by atoms with van der Waals surface area (Å²) in [5, 5.41) is 7.72. The summed E-state index contributed by atoms with van der Waals surface area (Å²) < 4.78 is 0. The molecule has 0 aliphatic heterocycles. The maximum atomic E-state index is 2.50. The summed E-state index contributed by atoms with van der Waals surface area (Å²) in [6, 6.07) is 67.5. The number of fused-ring (bicyclic) bond motifs is 8. The first-order chi connectivity index (χ1) is 28.5. The zero-order valence-electron chi connectivity index (χ0n) is 32.9. The van der Waals surface area contributed by atoms with E-state index in [0.29, 0.717) is 0 Å². The first-order valence-electron chi connectivity index (χ1n) is 20.6. The highest BCUT2D eigenvalue weighted by atomic mass is 15.1. The second-order valence-electron chi connectivity index (χ2n) is 16.4. The summed E-state index contributed by atoms with van der Waals surface area (Å²) in [6.45, 7) is 4.83. The smallest absolute Gasteiger partial charge is 0.0543 e. The van der Waals surface area contributed by atoms with E-state index >= 15 is 0 Å². The largest absolute Gasteiger partial charge is 0.310 e. The highest BCUT2D eigenvalue weighted by molar-refractivity contribution is 6.14. The van der Waals surface area contributed by atoms with Crippen LogP contribution in [0.25, 0.3) is 76.8 Å². The summed E-state index contributed by atoms with van der Waals surface area (Å²) in [6.07, 6.45) is 9.12. The van der Waals surface area contributed by atoms with Crippen LogP contribution in [0.5, 0.6) is 0 Å². The van der Waals surface area contributed by atoms with Crippen molar-refractivity contribution in [1.29, 1.82) is 0 Å². The van der Waals surface area contributed by atoms with Crippen LogP contribution in [0.4, 0.5) is 11.4 Å². The predicted octanol–water partition coefficient (Wildman–Crippen LogP) is 15.8. The Bertz CT molecular complexity index is 3110. The van der Waals surface area contributed by atoms with Crippen molar-refractivity contribution in [3.63, 3.8) is 0 Å². The Balaban J connectivity index is 1.03. The van der Waals surface area contributed by atoms with E-state index in [4.69, 9.17) is 0 Å². The molecule has 0 aromatic heterocycles. The van der Waals surface area contributed by atoms with E-state index in [2.05, 4.69) is 219 Å². The Morgan fingerprint density at radius 3 is 1.72 bits per heavy atom. The molecule has 276 valence electrons. The van der Waals surface area contributed by atoms with Gasteiger partial charge >= 0.3 is 0 Å². The molecule has 0 saturated heterocycles. The minimum absolute atomic E-state index is 0.218. The van der Waals surface area contributed by atoms with Gasteiger partial charge in [0.1, 0.15) is 0 Å². The lowest BCUT2D eigenvalue weighted by Crippen LogP contribution is -2.19. The van der Waals surface area contributed by atoms with Gasteiger partial charge in [-0.2, -0.15) is 0 Å². The molecule has 58 heavy (non-hydrogen) atoms. The van der Waals surface area contributed by atoms with Crippen molar-refractivity contribution in [2.45, 2.75) is 32.1 Å². The number of benzene rings is 9. The summed E-state index contributed by atoms with van der Waals surface area (Å²) in [4.78, 5) is 2.49. The average molecular weight is 742 g/mol. The Morgan fingerprint density at radius 2 is 1.02 bits per heavy atom. The van der Waals surface area contributed by atoms with Crippen LogP contribution in [-0.4, -0.2) is 0 Å². The first-order valence-corrected chi connectivity index (χ1v) is 20.6. The quantitative estimate of drug-likeness (QED) is 0.153. The van der Waals surface area contributed by atoms with Crippen LogP contribution in [0.15, 0.2) is 206 Å². The summed E-state index contributed by atoms with van der Waals surface area (Å²) >= 11 is 0. The third-order valence-electron chi connectivity index (χ3n) is 12.7. The van der Waals surface area contributed by atoms with Crippen LogP contribution in [0.1, 0.15) is 37.8 Å². The molecule has 0 fully saturated rings. The van der Waals surface area contributed by atoms with Gasteiger partial charge in [-0.25, -0.2) is 0 Å². The van der Waals surface area contributed by atoms with E-state index < -0.39 is 0 Å². The maximum absolute atomic E-state index is 2.50. The highest BCUT2D eigenvalue weighted by Gasteiger charge is 2.38. The number of allylic oxidation sites excluding steroid dienone is 3. The molecule has 11 rings (SSSR count). The van der Waals surface area contributed by atoms with Crippen LogP contribution < -0.4 is 4.90 Å². The van der Waals surface area contributed by atoms with Crippen molar-refractivity contribution in [1.82, 2.24) is 0 Å². The zero-order chi connectivity index (χ0) is 38.8. The van der Waals surface area contributed by atoms with Crippen LogP contribution in [0.3, 0.4) is 0 Å². The number of hydrogen-bond acceptors (Lipinski definition) is 1. The third kappa shape index (κ3) is 5.53. The van der Waals surface area contributed by atoms with E-state index in [-0.39, 0.29) is 5.41 Å². The molecule has 0 radical (unpaired) electrons. The van der Waals surface area contributed by atoms with Crippen LogP contribution in [0, 0.1) is 0 Å². The molecule has 2 aliphatic carbocycles. The highest BCUT2D eigenvalue weighted by Crippen LogP contribution is 2.55. The molecule has 9 aromatic rings. The normalized spacial score (nSPS) is 14.1. The van der Waals surface area contributed by atoms with Crippen molar-refractivity contribution in [3.05, 3.63) is 217 Å². The van der Waals surface area contributed by atoms with E-state index in [0.717, 1.165) is 18.5 Å². The average Bonchev–Trinajstić information content (AvgIpc) is 3.52. The number of nitrogens with zero attached hydrogens (tertiary/aromatic N) is 1. The van der Waals surface area contributed by atoms with Crippen molar-refractivity contribution in [2.24, 2.45) is 0 Å². The summed E-state index contributed by atoms with van der Waals surface area (Å²) in [7, 11) is 0. The monoisotopic (exact) mass is 741 g/mol. The molecular formula is C57H43N. The van der Waals surface area contributed by atoms with Gasteiger partial charge in [-0.05, 0) is 132 Å². The van der Waals surface area contributed by atoms with Crippen LogP contribution in [0.2, 0.25) is 0 Å². The SMILES string of the molecule is CC1(C)c2cc(-c3cc4ccccc4c4ccccc34)ccc2-c2c1cc(N(C1=CCCC=C1)c1ccc(-c3ccc(-c4ccccc4)cc3)cc1)c1ccccc21. The molecular weight excluding hydrogens is 699 g/mol. The van der Waals surface area contributed by atoms with E-state index in [1.54, 1.807) is 0 Å². The van der Waals surface area contributed by atoms with Crippen molar-refractivity contribution in [2.75, 3.05) is 4.90 Å². The number of anilines is 2. The molecule has 0 saturated carbocycles. The molecule has 0 heterocycles.